The number of carbonyl (C=O) groups is 2. The first-order valence-corrected chi connectivity index (χ1v) is 10.2. The Morgan fingerprint density at radius 3 is 2.13 bits per heavy atom. The zero-order valence-electron chi connectivity index (χ0n) is 16.1. The summed E-state index contributed by atoms with van der Waals surface area (Å²) in [5, 5.41) is 9.78. The molecule has 1 aromatic rings. The van der Waals surface area contributed by atoms with E-state index in [1.807, 2.05) is 11.9 Å². The molecular weight excluding hydrogens is 434 g/mol. The van der Waals surface area contributed by atoms with Crippen LogP contribution in [0.25, 0.3) is 0 Å². The predicted molar refractivity (Wildman–Crippen MR) is 96.4 cm³/mol. The summed E-state index contributed by atoms with van der Waals surface area (Å²) in [5.74, 6) is -3.12. The maximum Gasteiger partial charge on any atom is 0.490 e. The van der Waals surface area contributed by atoms with Gasteiger partial charge in [0.1, 0.15) is 5.82 Å². The molecule has 1 amide bonds. The Morgan fingerprint density at radius 1 is 1.17 bits per heavy atom. The SMILES string of the molecule is CNC(=O)[C@H]1C[C@@H]2CN(S(=O)(=O)c3ccc(F)cc3)C[C@@H]2N1C.O=C(O)C(F)(F)F. The number of alkyl halides is 3. The Kier molecular flexibility index (Phi) is 7.09. The number of aliphatic carboxylic acids is 1. The maximum atomic E-state index is 13.0. The van der Waals surface area contributed by atoms with Crippen molar-refractivity contribution in [2.75, 3.05) is 27.2 Å². The minimum absolute atomic E-state index is 0.0326. The number of nitrogens with zero attached hydrogens (tertiary/aromatic N) is 2. The van der Waals surface area contributed by atoms with Gasteiger partial charge in [0, 0.05) is 26.2 Å². The minimum atomic E-state index is -5.08. The van der Waals surface area contributed by atoms with E-state index in [1.165, 1.54) is 16.4 Å². The number of likely N-dealkylation sites (N-methyl/N-ethyl adjacent to an activating group) is 2. The van der Waals surface area contributed by atoms with E-state index in [2.05, 4.69) is 5.32 Å². The summed E-state index contributed by atoms with van der Waals surface area (Å²) in [6.45, 7) is 0.747. The Labute approximate surface area is 170 Å². The molecule has 0 aromatic heterocycles. The Hall–Kier alpha value is -2.25. The largest absolute Gasteiger partial charge is 0.490 e. The molecule has 0 bridgehead atoms. The van der Waals surface area contributed by atoms with Gasteiger partial charge in [-0.25, -0.2) is 17.6 Å². The molecule has 1 aromatic carbocycles. The number of likely N-dealkylation sites (tertiary alicyclic amines) is 1. The van der Waals surface area contributed by atoms with Gasteiger partial charge in [0.2, 0.25) is 15.9 Å². The first kappa shape index (κ1) is 24.0. The van der Waals surface area contributed by atoms with Crippen LogP contribution < -0.4 is 5.32 Å². The highest BCUT2D eigenvalue weighted by Gasteiger charge is 2.49. The van der Waals surface area contributed by atoms with Crippen LogP contribution in [0.4, 0.5) is 17.6 Å². The van der Waals surface area contributed by atoms with E-state index in [9.17, 15) is 30.8 Å². The van der Waals surface area contributed by atoms with Crippen LogP contribution in [0, 0.1) is 11.7 Å². The van der Waals surface area contributed by atoms with Crippen LogP contribution in [-0.4, -0.2) is 80.1 Å². The molecule has 30 heavy (non-hydrogen) atoms. The second-order valence-corrected chi connectivity index (χ2v) is 8.88. The smallest absolute Gasteiger partial charge is 0.475 e. The number of carbonyl (C=O) groups excluding carboxylic acids is 1. The predicted octanol–water partition coefficient (Wildman–Crippen LogP) is 0.898. The molecule has 2 fully saturated rings. The fraction of sp³-hybridized carbons (Fsp3) is 0.529. The number of carboxylic acids is 1. The monoisotopic (exact) mass is 455 g/mol. The lowest BCUT2D eigenvalue weighted by Gasteiger charge is -2.25. The highest BCUT2D eigenvalue weighted by molar-refractivity contribution is 7.89. The number of nitrogens with one attached hydrogen (secondary N) is 1. The summed E-state index contributed by atoms with van der Waals surface area (Å²) in [5.41, 5.74) is 0. The summed E-state index contributed by atoms with van der Waals surface area (Å²) in [6.07, 6.45) is -4.43. The van der Waals surface area contributed by atoms with Crippen molar-refractivity contribution in [3.63, 3.8) is 0 Å². The molecule has 168 valence electrons. The van der Waals surface area contributed by atoms with Gasteiger partial charge in [-0.2, -0.15) is 17.5 Å². The topological polar surface area (TPSA) is 107 Å². The van der Waals surface area contributed by atoms with Gasteiger partial charge in [-0.3, -0.25) is 9.69 Å². The molecule has 2 saturated heterocycles. The van der Waals surface area contributed by atoms with Gasteiger partial charge in [0.25, 0.3) is 0 Å². The third-order valence-electron chi connectivity index (χ3n) is 5.16. The van der Waals surface area contributed by atoms with Crippen LogP contribution >= 0.6 is 0 Å². The number of rotatable bonds is 3. The average Bonchev–Trinajstić information content (AvgIpc) is 3.21. The summed E-state index contributed by atoms with van der Waals surface area (Å²) >= 11 is 0. The second kappa shape index (κ2) is 8.86. The van der Waals surface area contributed by atoms with Gasteiger partial charge in [0.05, 0.1) is 10.9 Å². The van der Waals surface area contributed by atoms with Crippen molar-refractivity contribution in [1.29, 1.82) is 0 Å². The molecule has 2 heterocycles. The Balaban J connectivity index is 0.000000396. The molecule has 0 unspecified atom stereocenters. The van der Waals surface area contributed by atoms with E-state index in [0.717, 1.165) is 12.1 Å². The summed E-state index contributed by atoms with van der Waals surface area (Å²) in [4.78, 5) is 22.8. The molecule has 0 spiro atoms. The molecule has 0 radical (unpaired) electrons. The first-order valence-electron chi connectivity index (χ1n) is 8.78. The molecule has 8 nitrogen and oxygen atoms in total. The van der Waals surface area contributed by atoms with Crippen LogP contribution in [0.2, 0.25) is 0 Å². The van der Waals surface area contributed by atoms with Crippen LogP contribution in [0.1, 0.15) is 6.42 Å². The standard InChI is InChI=1S/C15H20FN3O3S.C2HF3O2/c1-17-15(20)13-7-10-8-19(9-14(10)18(13)2)23(21,22)12-5-3-11(16)4-6-12;3-2(4,5)1(6)7/h3-6,10,13-14H,7-9H2,1-2H3,(H,17,20);(H,6,7)/t10-,13-,14+;/m1./s1. The molecule has 13 heteroatoms. The average molecular weight is 455 g/mol. The van der Waals surface area contributed by atoms with Crippen molar-refractivity contribution in [1.82, 2.24) is 14.5 Å². The molecule has 3 rings (SSSR count). The van der Waals surface area contributed by atoms with Gasteiger partial charge in [0.15, 0.2) is 0 Å². The minimum Gasteiger partial charge on any atom is -0.475 e. The lowest BCUT2D eigenvalue weighted by Crippen LogP contribution is -2.45. The van der Waals surface area contributed by atoms with E-state index in [0.29, 0.717) is 19.5 Å². The molecule has 0 aliphatic carbocycles. The third-order valence-corrected chi connectivity index (χ3v) is 7.00. The number of amides is 1. The van der Waals surface area contributed by atoms with E-state index in [-0.39, 0.29) is 28.8 Å². The molecule has 3 atom stereocenters. The van der Waals surface area contributed by atoms with Gasteiger partial charge >= 0.3 is 12.1 Å². The van der Waals surface area contributed by atoms with E-state index in [1.54, 1.807) is 7.05 Å². The van der Waals surface area contributed by atoms with Crippen molar-refractivity contribution in [3.8, 4) is 0 Å². The summed E-state index contributed by atoms with van der Waals surface area (Å²) in [7, 11) is -0.158. The van der Waals surface area contributed by atoms with E-state index >= 15 is 0 Å². The highest BCUT2D eigenvalue weighted by atomic mass is 32.2. The molecule has 0 saturated carbocycles. The zero-order valence-corrected chi connectivity index (χ0v) is 16.9. The number of carboxylic acid groups (broad SMARTS) is 1. The van der Waals surface area contributed by atoms with Crippen molar-refractivity contribution in [2.45, 2.75) is 29.6 Å². The van der Waals surface area contributed by atoms with Crippen LogP contribution in [0.5, 0.6) is 0 Å². The van der Waals surface area contributed by atoms with Gasteiger partial charge < -0.3 is 10.4 Å². The van der Waals surface area contributed by atoms with Crippen molar-refractivity contribution >= 4 is 21.9 Å². The van der Waals surface area contributed by atoms with Gasteiger partial charge in [-0.05, 0) is 43.7 Å². The van der Waals surface area contributed by atoms with Crippen LogP contribution in [-0.2, 0) is 19.6 Å². The molecular formula is C17H21F4N3O5S. The second-order valence-electron chi connectivity index (χ2n) is 6.94. The first-order chi connectivity index (χ1) is 13.8. The fourth-order valence-corrected chi connectivity index (χ4v) is 5.12. The zero-order chi connectivity index (χ0) is 22.9. The number of hydrogen-bond donors (Lipinski definition) is 2. The van der Waals surface area contributed by atoms with Crippen LogP contribution in [0.15, 0.2) is 29.2 Å². The van der Waals surface area contributed by atoms with E-state index in [4.69, 9.17) is 9.90 Å². The number of benzene rings is 1. The van der Waals surface area contributed by atoms with Gasteiger partial charge in [-0.1, -0.05) is 0 Å². The number of halogens is 4. The van der Waals surface area contributed by atoms with Gasteiger partial charge in [-0.15, -0.1) is 0 Å². The Bertz CT molecular complexity index is 892. The fourth-order valence-electron chi connectivity index (χ4n) is 3.60. The number of hydrogen-bond acceptors (Lipinski definition) is 5. The molecule has 2 N–H and O–H groups in total. The maximum absolute atomic E-state index is 13.0. The number of sulfonamides is 1. The summed E-state index contributed by atoms with van der Waals surface area (Å²) in [6, 6.07) is 4.71. The lowest BCUT2D eigenvalue weighted by molar-refractivity contribution is -0.192. The normalized spacial score (nSPS) is 24.7. The highest BCUT2D eigenvalue weighted by Crippen LogP contribution is 2.36. The third kappa shape index (κ3) is 5.08. The quantitative estimate of drug-likeness (QED) is 0.656. The van der Waals surface area contributed by atoms with Crippen molar-refractivity contribution in [2.24, 2.45) is 5.92 Å². The lowest BCUT2D eigenvalue weighted by atomic mass is 10.0. The van der Waals surface area contributed by atoms with Crippen molar-refractivity contribution in [3.05, 3.63) is 30.1 Å². The number of fused-ring (bicyclic) bond motifs is 1. The van der Waals surface area contributed by atoms with Crippen molar-refractivity contribution < 1.29 is 40.7 Å². The molecule has 2 aliphatic rings. The summed E-state index contributed by atoms with van der Waals surface area (Å²) < 4.78 is 71.5. The van der Waals surface area contributed by atoms with Crippen LogP contribution in [0.3, 0.4) is 0 Å². The van der Waals surface area contributed by atoms with E-state index < -0.39 is 28.0 Å². The molecule has 2 aliphatic heterocycles. The Morgan fingerprint density at radius 2 is 1.70 bits per heavy atom.